The van der Waals surface area contributed by atoms with Gasteiger partial charge in [0.05, 0.1) is 0 Å². The van der Waals surface area contributed by atoms with Gasteiger partial charge in [0.25, 0.3) is 0 Å². The predicted molar refractivity (Wildman–Crippen MR) is 76.1 cm³/mol. The predicted octanol–water partition coefficient (Wildman–Crippen LogP) is 3.45. The van der Waals surface area contributed by atoms with Crippen molar-refractivity contribution in [2.24, 2.45) is 23.5 Å². The highest BCUT2D eigenvalue weighted by atomic mass is 16.5. The Morgan fingerprint density at radius 2 is 2.16 bits per heavy atom. The number of ether oxygens (including phenoxy) is 1. The van der Waals surface area contributed by atoms with Gasteiger partial charge in [0.15, 0.2) is 0 Å². The first-order chi connectivity index (χ1) is 9.20. The molecule has 19 heavy (non-hydrogen) atoms. The van der Waals surface area contributed by atoms with Gasteiger partial charge in [0, 0.05) is 12.5 Å². The Bertz CT molecular complexity index is 498. The molecule has 2 nitrogen and oxygen atoms in total. The maximum atomic E-state index is 6.57. The number of fused-ring (bicyclic) bond motifs is 3. The Kier molecular flexibility index (Phi) is 2.63. The van der Waals surface area contributed by atoms with Gasteiger partial charge in [-0.3, -0.25) is 0 Å². The molecule has 2 heteroatoms. The molecule has 4 rings (SSSR count). The third-order valence-corrected chi connectivity index (χ3v) is 5.56. The molecule has 2 bridgehead atoms. The van der Waals surface area contributed by atoms with Crippen molar-refractivity contribution in [1.29, 1.82) is 0 Å². The highest BCUT2D eigenvalue weighted by Gasteiger charge is 2.42. The summed E-state index contributed by atoms with van der Waals surface area (Å²) in [5, 5.41) is 0. The molecule has 1 heterocycles. The first kappa shape index (κ1) is 11.8. The van der Waals surface area contributed by atoms with Crippen LogP contribution in [0.25, 0.3) is 0 Å². The van der Waals surface area contributed by atoms with Crippen LogP contribution >= 0.6 is 0 Å². The topological polar surface area (TPSA) is 35.2 Å². The minimum absolute atomic E-state index is 0.233. The Labute approximate surface area is 115 Å². The van der Waals surface area contributed by atoms with Crippen LogP contribution in [0.15, 0.2) is 18.2 Å². The maximum Gasteiger partial charge on any atom is 0.123 e. The summed E-state index contributed by atoms with van der Waals surface area (Å²) in [5.41, 5.74) is 9.25. The van der Waals surface area contributed by atoms with Crippen LogP contribution in [0.2, 0.25) is 0 Å². The van der Waals surface area contributed by atoms with E-state index >= 15 is 0 Å². The first-order valence-corrected chi connectivity index (χ1v) is 7.76. The lowest BCUT2D eigenvalue weighted by Crippen LogP contribution is -2.26. The van der Waals surface area contributed by atoms with Crippen molar-refractivity contribution in [3.8, 4) is 5.75 Å². The van der Waals surface area contributed by atoms with Gasteiger partial charge in [-0.2, -0.15) is 0 Å². The summed E-state index contributed by atoms with van der Waals surface area (Å²) < 4.78 is 5.78. The third kappa shape index (κ3) is 1.88. The second-order valence-electron chi connectivity index (χ2n) is 6.86. The van der Waals surface area contributed by atoms with Gasteiger partial charge in [-0.25, -0.2) is 0 Å². The zero-order valence-electron chi connectivity index (χ0n) is 11.6. The lowest BCUT2D eigenvalue weighted by atomic mass is 9.80. The zero-order valence-corrected chi connectivity index (χ0v) is 11.6. The minimum Gasteiger partial charge on any atom is -0.490 e. The summed E-state index contributed by atoms with van der Waals surface area (Å²) in [6, 6.07) is 6.85. The van der Waals surface area contributed by atoms with Gasteiger partial charge in [-0.1, -0.05) is 18.6 Å². The van der Waals surface area contributed by atoms with Gasteiger partial charge in [-0.05, 0) is 61.1 Å². The van der Waals surface area contributed by atoms with Crippen molar-refractivity contribution in [3.05, 3.63) is 29.3 Å². The average Bonchev–Trinajstić information content (AvgIpc) is 3.09. The van der Waals surface area contributed by atoms with Crippen LogP contribution in [0.3, 0.4) is 0 Å². The van der Waals surface area contributed by atoms with Crippen LogP contribution < -0.4 is 10.5 Å². The first-order valence-electron chi connectivity index (χ1n) is 7.76. The molecular formula is C17H23NO. The van der Waals surface area contributed by atoms with E-state index in [1.54, 1.807) is 0 Å². The molecule has 5 unspecified atom stereocenters. The fraction of sp³-hybridized carbons (Fsp3) is 0.647. The lowest BCUT2D eigenvalue weighted by molar-refractivity contribution is 0.254. The van der Waals surface area contributed by atoms with Crippen LogP contribution in [-0.2, 0) is 6.42 Å². The Hall–Kier alpha value is -1.02. The molecule has 2 aliphatic carbocycles. The Balaban J connectivity index is 1.58. The second kappa shape index (κ2) is 4.24. The van der Waals surface area contributed by atoms with Crippen LogP contribution in [-0.4, -0.2) is 6.10 Å². The molecule has 0 spiro atoms. The van der Waals surface area contributed by atoms with E-state index in [0.717, 1.165) is 29.9 Å². The van der Waals surface area contributed by atoms with Gasteiger partial charge < -0.3 is 10.5 Å². The van der Waals surface area contributed by atoms with Crippen molar-refractivity contribution in [3.63, 3.8) is 0 Å². The van der Waals surface area contributed by atoms with Crippen LogP contribution in [0.4, 0.5) is 0 Å². The van der Waals surface area contributed by atoms with Gasteiger partial charge in [-0.15, -0.1) is 0 Å². The smallest absolute Gasteiger partial charge is 0.123 e. The molecule has 1 aliphatic heterocycles. The monoisotopic (exact) mass is 257 g/mol. The number of hydrogen-bond acceptors (Lipinski definition) is 2. The molecule has 102 valence electrons. The van der Waals surface area contributed by atoms with E-state index in [0.29, 0.717) is 6.10 Å². The highest BCUT2D eigenvalue weighted by Crippen LogP contribution is 2.52. The summed E-state index contributed by atoms with van der Waals surface area (Å²) in [6.07, 6.45) is 7.01. The summed E-state index contributed by atoms with van der Waals surface area (Å²) in [6.45, 7) is 2.13. The van der Waals surface area contributed by atoms with Crippen molar-refractivity contribution >= 4 is 0 Å². The van der Waals surface area contributed by atoms with Crippen molar-refractivity contribution < 1.29 is 4.74 Å². The number of rotatable bonds is 2. The molecule has 0 amide bonds. The fourth-order valence-corrected chi connectivity index (χ4v) is 4.63. The highest BCUT2D eigenvalue weighted by molar-refractivity contribution is 5.41. The molecule has 0 aromatic heterocycles. The molecule has 1 aromatic rings. The second-order valence-corrected chi connectivity index (χ2v) is 6.86. The average molecular weight is 257 g/mol. The van der Waals surface area contributed by atoms with E-state index < -0.39 is 0 Å². The molecule has 0 radical (unpaired) electrons. The molecular weight excluding hydrogens is 234 g/mol. The molecule has 5 atom stereocenters. The third-order valence-electron chi connectivity index (χ3n) is 5.56. The van der Waals surface area contributed by atoms with Crippen molar-refractivity contribution in [1.82, 2.24) is 0 Å². The van der Waals surface area contributed by atoms with Crippen LogP contribution in [0.1, 0.15) is 49.8 Å². The maximum absolute atomic E-state index is 6.57. The normalized spacial score (nSPS) is 37.2. The number of hydrogen-bond donors (Lipinski definition) is 1. The van der Waals surface area contributed by atoms with E-state index in [2.05, 4.69) is 25.1 Å². The molecule has 0 saturated heterocycles. The van der Waals surface area contributed by atoms with Gasteiger partial charge in [0.2, 0.25) is 0 Å². The fourth-order valence-electron chi connectivity index (χ4n) is 4.63. The van der Waals surface area contributed by atoms with Crippen LogP contribution in [0, 0.1) is 17.8 Å². The van der Waals surface area contributed by atoms with E-state index in [-0.39, 0.29) is 6.04 Å². The molecule has 2 N–H and O–H groups in total. The van der Waals surface area contributed by atoms with Crippen molar-refractivity contribution in [2.45, 2.75) is 51.2 Å². The molecule has 1 aromatic carbocycles. The quantitative estimate of drug-likeness (QED) is 0.880. The number of nitrogens with two attached hydrogens (primary N) is 1. The molecule has 3 aliphatic rings. The number of benzene rings is 1. The summed E-state index contributed by atoms with van der Waals surface area (Å²) in [5.74, 6) is 3.65. The van der Waals surface area contributed by atoms with Gasteiger partial charge in [0.1, 0.15) is 11.9 Å². The summed E-state index contributed by atoms with van der Waals surface area (Å²) in [7, 11) is 0. The summed E-state index contributed by atoms with van der Waals surface area (Å²) >= 11 is 0. The standard InChI is InChI=1S/C17H23NO/c1-10-6-14-9-13(4-5-16(14)19-10)17(18)15-8-11-2-3-12(15)7-11/h4-5,9-12,15,17H,2-3,6-8,18H2,1H3. The van der Waals surface area contributed by atoms with E-state index in [4.69, 9.17) is 10.5 Å². The molecule has 2 saturated carbocycles. The minimum atomic E-state index is 0.233. The summed E-state index contributed by atoms with van der Waals surface area (Å²) in [4.78, 5) is 0. The SMILES string of the molecule is CC1Cc2cc(C(N)C3CC4CCC3C4)ccc2O1. The van der Waals surface area contributed by atoms with Crippen molar-refractivity contribution in [2.75, 3.05) is 0 Å². The van der Waals surface area contributed by atoms with E-state index in [9.17, 15) is 0 Å². The molecule has 2 fully saturated rings. The Morgan fingerprint density at radius 3 is 2.89 bits per heavy atom. The van der Waals surface area contributed by atoms with E-state index in [1.165, 1.54) is 36.8 Å². The zero-order chi connectivity index (χ0) is 13.0. The Morgan fingerprint density at radius 1 is 1.26 bits per heavy atom. The van der Waals surface area contributed by atoms with E-state index in [1.807, 2.05) is 0 Å². The largest absolute Gasteiger partial charge is 0.490 e. The lowest BCUT2D eigenvalue weighted by Gasteiger charge is -2.28. The van der Waals surface area contributed by atoms with Gasteiger partial charge >= 0.3 is 0 Å². The van der Waals surface area contributed by atoms with Crippen LogP contribution in [0.5, 0.6) is 5.75 Å².